The van der Waals surface area contributed by atoms with Crippen molar-refractivity contribution in [3.05, 3.63) is 70.4 Å². The lowest BCUT2D eigenvalue weighted by atomic mass is 10.1. The summed E-state index contributed by atoms with van der Waals surface area (Å²) >= 11 is 5.95. The van der Waals surface area contributed by atoms with Gasteiger partial charge in [0.1, 0.15) is 5.69 Å². The van der Waals surface area contributed by atoms with Crippen LogP contribution in [0, 0.1) is 0 Å². The molecule has 0 saturated heterocycles. The molecule has 6 heteroatoms. The number of rotatable bonds is 4. The molecule has 1 heterocycles. The number of carbonyl (C=O) groups excluding carboxylic acids is 2. The number of carbonyl (C=O) groups is 2. The number of halogens is 1. The Balaban J connectivity index is 1.67. The molecule has 3 N–H and O–H groups in total. The molecule has 2 aromatic carbocycles. The van der Waals surface area contributed by atoms with Crippen LogP contribution < -0.4 is 10.6 Å². The molecule has 0 unspecified atom stereocenters. The Morgan fingerprint density at radius 2 is 1.79 bits per heavy atom. The van der Waals surface area contributed by atoms with E-state index in [-0.39, 0.29) is 11.8 Å². The number of benzene rings is 2. The Labute approximate surface area is 144 Å². The zero-order valence-electron chi connectivity index (χ0n) is 13.0. The Kier molecular flexibility index (Phi) is 4.53. The van der Waals surface area contributed by atoms with Gasteiger partial charge in [0.15, 0.2) is 0 Å². The third kappa shape index (κ3) is 3.41. The second kappa shape index (κ2) is 6.76. The molecular formula is C18H16ClN3O2. The van der Waals surface area contributed by atoms with Gasteiger partial charge < -0.3 is 15.6 Å². The topological polar surface area (TPSA) is 74.0 Å². The van der Waals surface area contributed by atoms with Crippen molar-refractivity contribution in [3.8, 4) is 0 Å². The molecule has 0 fully saturated rings. The molecule has 5 nitrogen and oxygen atoms in total. The van der Waals surface area contributed by atoms with E-state index in [0.717, 1.165) is 16.5 Å². The van der Waals surface area contributed by atoms with Gasteiger partial charge in [-0.2, -0.15) is 0 Å². The van der Waals surface area contributed by atoms with Gasteiger partial charge in [-0.05, 0) is 42.0 Å². The number of fused-ring (bicyclic) bond motifs is 1. The highest BCUT2D eigenvalue weighted by Gasteiger charge is 2.10. The molecule has 0 aliphatic rings. The Bertz CT molecular complexity index is 900. The predicted molar refractivity (Wildman–Crippen MR) is 94.3 cm³/mol. The smallest absolute Gasteiger partial charge is 0.267 e. The maximum atomic E-state index is 12.3. The number of aromatic amines is 1. The molecule has 1 aromatic heterocycles. The summed E-state index contributed by atoms with van der Waals surface area (Å²) in [5.74, 6) is -0.333. The zero-order valence-corrected chi connectivity index (χ0v) is 13.8. The summed E-state index contributed by atoms with van der Waals surface area (Å²) in [4.78, 5) is 26.8. The normalized spacial score (nSPS) is 10.6. The molecule has 0 aliphatic heterocycles. The molecule has 0 spiro atoms. The van der Waals surface area contributed by atoms with Gasteiger partial charge in [-0.25, -0.2) is 0 Å². The highest BCUT2D eigenvalue weighted by molar-refractivity contribution is 6.31. The van der Waals surface area contributed by atoms with E-state index in [1.807, 2.05) is 24.3 Å². The fraction of sp³-hybridized carbons (Fsp3) is 0.111. The molecule has 0 bridgehead atoms. The van der Waals surface area contributed by atoms with Crippen molar-refractivity contribution < 1.29 is 9.59 Å². The van der Waals surface area contributed by atoms with Gasteiger partial charge in [-0.3, -0.25) is 9.59 Å². The fourth-order valence-electron chi connectivity index (χ4n) is 2.42. The Morgan fingerprint density at radius 3 is 2.50 bits per heavy atom. The van der Waals surface area contributed by atoms with Crippen LogP contribution in [0.3, 0.4) is 0 Å². The van der Waals surface area contributed by atoms with E-state index in [0.29, 0.717) is 22.8 Å². The minimum atomic E-state index is -0.197. The van der Waals surface area contributed by atoms with Gasteiger partial charge in [0, 0.05) is 35.1 Å². The third-order valence-electron chi connectivity index (χ3n) is 3.72. The average molecular weight is 342 g/mol. The quantitative estimate of drug-likeness (QED) is 0.682. The zero-order chi connectivity index (χ0) is 17.1. The Morgan fingerprint density at radius 1 is 1.04 bits per heavy atom. The number of H-pyrrole nitrogens is 1. The van der Waals surface area contributed by atoms with Crippen molar-refractivity contribution in [2.24, 2.45) is 0 Å². The van der Waals surface area contributed by atoms with Gasteiger partial charge in [-0.1, -0.05) is 23.7 Å². The first-order valence-corrected chi connectivity index (χ1v) is 7.82. The number of hydrogen-bond donors (Lipinski definition) is 3. The lowest BCUT2D eigenvalue weighted by Crippen LogP contribution is -2.23. The maximum absolute atomic E-state index is 12.3. The summed E-state index contributed by atoms with van der Waals surface area (Å²) in [6, 6.07) is 14.3. The van der Waals surface area contributed by atoms with E-state index in [2.05, 4.69) is 15.6 Å². The van der Waals surface area contributed by atoms with Crippen molar-refractivity contribution in [2.75, 3.05) is 7.05 Å². The van der Waals surface area contributed by atoms with Gasteiger partial charge in [0.25, 0.3) is 11.8 Å². The van der Waals surface area contributed by atoms with Crippen molar-refractivity contribution in [3.63, 3.8) is 0 Å². The van der Waals surface area contributed by atoms with Crippen molar-refractivity contribution in [2.45, 2.75) is 6.54 Å². The van der Waals surface area contributed by atoms with E-state index < -0.39 is 0 Å². The number of aromatic nitrogens is 1. The second-order valence-corrected chi connectivity index (χ2v) is 5.81. The largest absolute Gasteiger partial charge is 0.355 e. The third-order valence-corrected chi connectivity index (χ3v) is 3.96. The highest BCUT2D eigenvalue weighted by atomic mass is 35.5. The fourth-order valence-corrected chi connectivity index (χ4v) is 2.60. The second-order valence-electron chi connectivity index (χ2n) is 5.37. The first-order chi connectivity index (χ1) is 11.6. The highest BCUT2D eigenvalue weighted by Crippen LogP contribution is 2.20. The molecule has 0 saturated carbocycles. The molecular weight excluding hydrogens is 326 g/mol. The van der Waals surface area contributed by atoms with E-state index in [4.69, 9.17) is 11.6 Å². The maximum Gasteiger partial charge on any atom is 0.267 e. The number of amides is 2. The van der Waals surface area contributed by atoms with Crippen molar-refractivity contribution in [1.29, 1.82) is 0 Å². The van der Waals surface area contributed by atoms with Crippen LogP contribution in [0.2, 0.25) is 5.02 Å². The van der Waals surface area contributed by atoms with Crippen LogP contribution >= 0.6 is 11.6 Å². The molecule has 24 heavy (non-hydrogen) atoms. The van der Waals surface area contributed by atoms with Crippen LogP contribution in [0.4, 0.5) is 0 Å². The molecule has 2 amide bonds. The lowest BCUT2D eigenvalue weighted by molar-refractivity contribution is 0.0942. The standard InChI is InChI=1S/C18H16ClN3O2/c1-20-17(23)12-4-2-11(3-5-12)10-21-18(24)16-9-13-8-14(19)6-7-15(13)22-16/h2-9,22H,10H2,1H3,(H,20,23)(H,21,24). The van der Waals surface area contributed by atoms with Crippen LogP contribution in [-0.4, -0.2) is 23.8 Å². The van der Waals surface area contributed by atoms with Crippen molar-refractivity contribution in [1.82, 2.24) is 15.6 Å². The van der Waals surface area contributed by atoms with E-state index in [9.17, 15) is 9.59 Å². The van der Waals surface area contributed by atoms with E-state index in [1.54, 1.807) is 31.3 Å². The minimum Gasteiger partial charge on any atom is -0.355 e. The summed E-state index contributed by atoms with van der Waals surface area (Å²) in [5, 5.41) is 6.94. The predicted octanol–water partition coefficient (Wildman–Crippen LogP) is 3.11. The van der Waals surface area contributed by atoms with Gasteiger partial charge >= 0.3 is 0 Å². The van der Waals surface area contributed by atoms with Crippen molar-refractivity contribution >= 4 is 34.3 Å². The number of hydrogen-bond acceptors (Lipinski definition) is 2. The number of nitrogens with one attached hydrogen (secondary N) is 3. The summed E-state index contributed by atoms with van der Waals surface area (Å²) in [6.07, 6.45) is 0. The van der Waals surface area contributed by atoms with Crippen LogP contribution in [0.25, 0.3) is 10.9 Å². The van der Waals surface area contributed by atoms with E-state index in [1.165, 1.54) is 0 Å². The monoisotopic (exact) mass is 341 g/mol. The first kappa shape index (κ1) is 16.1. The SMILES string of the molecule is CNC(=O)c1ccc(CNC(=O)c2cc3cc(Cl)ccc3[nH]2)cc1. The summed E-state index contributed by atoms with van der Waals surface area (Å²) in [7, 11) is 1.59. The van der Waals surface area contributed by atoms with Gasteiger partial charge in [0.05, 0.1) is 0 Å². The summed E-state index contributed by atoms with van der Waals surface area (Å²) in [6.45, 7) is 0.378. The van der Waals surface area contributed by atoms with E-state index >= 15 is 0 Å². The van der Waals surface area contributed by atoms with Crippen LogP contribution in [0.1, 0.15) is 26.4 Å². The molecule has 3 rings (SSSR count). The Hall–Kier alpha value is -2.79. The summed E-state index contributed by atoms with van der Waals surface area (Å²) < 4.78 is 0. The molecule has 0 atom stereocenters. The lowest BCUT2D eigenvalue weighted by Gasteiger charge is -2.05. The average Bonchev–Trinajstić information content (AvgIpc) is 3.02. The molecule has 122 valence electrons. The van der Waals surface area contributed by atoms with Gasteiger partial charge in [0.2, 0.25) is 0 Å². The first-order valence-electron chi connectivity index (χ1n) is 7.44. The molecule has 0 aliphatic carbocycles. The van der Waals surface area contributed by atoms with Crippen LogP contribution in [0.15, 0.2) is 48.5 Å². The van der Waals surface area contributed by atoms with Gasteiger partial charge in [-0.15, -0.1) is 0 Å². The summed E-state index contributed by atoms with van der Waals surface area (Å²) in [5.41, 5.74) is 2.84. The van der Waals surface area contributed by atoms with Crippen LogP contribution in [0.5, 0.6) is 0 Å². The minimum absolute atomic E-state index is 0.137. The molecule has 0 radical (unpaired) electrons. The molecule has 3 aromatic rings. The van der Waals surface area contributed by atoms with Crippen LogP contribution in [-0.2, 0) is 6.54 Å².